The second kappa shape index (κ2) is 8.91. The molecule has 0 bridgehead atoms. The summed E-state index contributed by atoms with van der Waals surface area (Å²) in [5, 5.41) is 14.0. The van der Waals surface area contributed by atoms with Crippen LogP contribution in [0.4, 0.5) is 15.8 Å². The average Bonchev–Trinajstić information content (AvgIpc) is 2.62. The number of nitrogens with zero attached hydrogens (tertiary/aromatic N) is 1. The number of carbonyl (C=O) groups is 1. The van der Waals surface area contributed by atoms with Gasteiger partial charge in [-0.05, 0) is 30.7 Å². The highest BCUT2D eigenvalue weighted by Crippen LogP contribution is 2.26. The fraction of sp³-hybridized carbons (Fsp3) is 0.278. The van der Waals surface area contributed by atoms with Crippen LogP contribution in [-0.4, -0.2) is 31.2 Å². The van der Waals surface area contributed by atoms with E-state index in [-0.39, 0.29) is 11.3 Å². The van der Waals surface area contributed by atoms with Crippen molar-refractivity contribution in [3.63, 3.8) is 0 Å². The van der Waals surface area contributed by atoms with Crippen LogP contribution in [0.5, 0.6) is 0 Å². The predicted octanol–water partition coefficient (Wildman–Crippen LogP) is 3.71. The van der Waals surface area contributed by atoms with Crippen LogP contribution < -0.4 is 5.32 Å². The number of nitrogens with one attached hydrogen (secondary N) is 1. The maximum Gasteiger partial charge on any atom is 0.341 e. The Bertz CT molecular complexity index is 780. The molecule has 0 saturated heterocycles. The van der Waals surface area contributed by atoms with Crippen molar-refractivity contribution in [2.24, 2.45) is 0 Å². The Morgan fingerprint density at radius 3 is 2.58 bits per heavy atom. The van der Waals surface area contributed by atoms with Crippen molar-refractivity contribution < 1.29 is 23.6 Å². The summed E-state index contributed by atoms with van der Waals surface area (Å²) in [6.07, 6.45) is -0.644. The lowest BCUT2D eigenvalue weighted by atomic mass is 10.1. The van der Waals surface area contributed by atoms with Crippen molar-refractivity contribution >= 4 is 17.3 Å². The molecule has 7 nitrogen and oxygen atoms in total. The number of non-ortho nitro benzene ring substituents is 1. The zero-order valence-corrected chi connectivity index (χ0v) is 14.4. The smallest absolute Gasteiger partial charge is 0.341 e. The molecule has 26 heavy (non-hydrogen) atoms. The molecule has 0 fully saturated rings. The number of methoxy groups -OCH3 is 1. The van der Waals surface area contributed by atoms with Crippen LogP contribution >= 0.6 is 0 Å². The van der Waals surface area contributed by atoms with E-state index < -0.39 is 22.8 Å². The van der Waals surface area contributed by atoms with Gasteiger partial charge in [-0.15, -0.1) is 0 Å². The lowest BCUT2D eigenvalue weighted by Crippen LogP contribution is -2.15. The van der Waals surface area contributed by atoms with E-state index in [4.69, 9.17) is 9.47 Å². The molecule has 138 valence electrons. The molecular formula is C18H19FN2O5. The van der Waals surface area contributed by atoms with E-state index in [1.54, 1.807) is 6.92 Å². The molecule has 1 N–H and O–H groups in total. The van der Waals surface area contributed by atoms with Crippen molar-refractivity contribution in [3.8, 4) is 0 Å². The van der Waals surface area contributed by atoms with E-state index in [1.165, 1.54) is 43.5 Å². The summed E-state index contributed by atoms with van der Waals surface area (Å²) in [5.41, 5.74) is 0.843. The Hall–Kier alpha value is -3.00. The van der Waals surface area contributed by atoms with Crippen molar-refractivity contribution in [2.75, 3.05) is 25.6 Å². The Morgan fingerprint density at radius 2 is 1.96 bits per heavy atom. The van der Waals surface area contributed by atoms with Gasteiger partial charge in [0.2, 0.25) is 0 Å². The molecule has 0 spiro atoms. The van der Waals surface area contributed by atoms with E-state index in [9.17, 15) is 19.3 Å². The minimum absolute atomic E-state index is 0.0456. The van der Waals surface area contributed by atoms with E-state index in [1.807, 2.05) is 0 Å². The molecule has 0 aliphatic heterocycles. The maximum absolute atomic E-state index is 13.0. The summed E-state index contributed by atoms with van der Waals surface area (Å²) in [6, 6.07) is 9.48. The zero-order chi connectivity index (χ0) is 19.1. The second-order valence-electron chi connectivity index (χ2n) is 5.51. The lowest BCUT2D eigenvalue weighted by molar-refractivity contribution is -0.384. The summed E-state index contributed by atoms with van der Waals surface area (Å²) in [5.74, 6) is -1.11. The normalized spacial score (nSPS) is 11.7. The van der Waals surface area contributed by atoms with E-state index in [0.717, 1.165) is 6.07 Å². The third-order valence-electron chi connectivity index (χ3n) is 3.68. The molecule has 0 heterocycles. The monoisotopic (exact) mass is 362 g/mol. The molecule has 2 aromatic carbocycles. The summed E-state index contributed by atoms with van der Waals surface area (Å²) >= 11 is 0. The summed E-state index contributed by atoms with van der Waals surface area (Å²) < 4.78 is 23.3. The molecular weight excluding hydrogens is 343 g/mol. The third kappa shape index (κ3) is 5.00. The quantitative estimate of drug-likeness (QED) is 0.333. The highest BCUT2D eigenvalue weighted by atomic mass is 19.1. The van der Waals surface area contributed by atoms with Crippen LogP contribution in [0.15, 0.2) is 42.5 Å². The van der Waals surface area contributed by atoms with Crippen LogP contribution in [0.2, 0.25) is 0 Å². The van der Waals surface area contributed by atoms with Gasteiger partial charge < -0.3 is 14.8 Å². The van der Waals surface area contributed by atoms with Crippen LogP contribution in [0, 0.1) is 15.9 Å². The van der Waals surface area contributed by atoms with Crippen molar-refractivity contribution in [2.45, 2.75) is 13.0 Å². The van der Waals surface area contributed by atoms with Gasteiger partial charge in [-0.25, -0.2) is 9.18 Å². The topological polar surface area (TPSA) is 90.7 Å². The van der Waals surface area contributed by atoms with Gasteiger partial charge >= 0.3 is 5.97 Å². The fourth-order valence-corrected chi connectivity index (χ4v) is 2.28. The first kappa shape index (κ1) is 19.3. The first-order valence-electron chi connectivity index (χ1n) is 7.90. The molecule has 8 heteroatoms. The van der Waals surface area contributed by atoms with Gasteiger partial charge in [0, 0.05) is 31.5 Å². The standard InChI is InChI=1S/C18H19FN2O5/c1-12(13-3-5-14(19)6-4-13)26-18(22)16-11-15(21(23)24)7-8-17(16)20-9-10-25-2/h3-8,11-12,20H,9-10H2,1-2H3/t12-/m1/s1. The molecule has 0 aliphatic rings. The second-order valence-corrected chi connectivity index (χ2v) is 5.51. The Labute approximate surface area is 149 Å². The van der Waals surface area contributed by atoms with Gasteiger partial charge in [0.25, 0.3) is 5.69 Å². The van der Waals surface area contributed by atoms with E-state index >= 15 is 0 Å². The van der Waals surface area contributed by atoms with Gasteiger partial charge in [0.1, 0.15) is 11.9 Å². The van der Waals surface area contributed by atoms with Crippen LogP contribution in [0.1, 0.15) is 28.9 Å². The summed E-state index contributed by atoms with van der Waals surface area (Å²) in [7, 11) is 1.54. The van der Waals surface area contributed by atoms with Gasteiger partial charge in [-0.2, -0.15) is 0 Å². The number of ether oxygens (including phenoxy) is 2. The van der Waals surface area contributed by atoms with E-state index in [0.29, 0.717) is 24.4 Å². The molecule has 2 rings (SSSR count). The number of rotatable bonds is 8. The molecule has 0 amide bonds. The van der Waals surface area contributed by atoms with Gasteiger partial charge in [0.15, 0.2) is 0 Å². The summed E-state index contributed by atoms with van der Waals surface area (Å²) in [4.78, 5) is 22.9. The third-order valence-corrected chi connectivity index (χ3v) is 3.68. The summed E-state index contributed by atoms with van der Waals surface area (Å²) in [6.45, 7) is 2.46. The maximum atomic E-state index is 13.0. The Morgan fingerprint density at radius 1 is 1.27 bits per heavy atom. The predicted molar refractivity (Wildman–Crippen MR) is 93.7 cm³/mol. The number of nitro groups is 1. The largest absolute Gasteiger partial charge is 0.454 e. The highest BCUT2D eigenvalue weighted by molar-refractivity contribution is 5.96. The van der Waals surface area contributed by atoms with Crippen molar-refractivity contribution in [1.29, 1.82) is 0 Å². The highest BCUT2D eigenvalue weighted by Gasteiger charge is 2.20. The first-order valence-corrected chi connectivity index (χ1v) is 7.90. The molecule has 0 aromatic heterocycles. The minimum atomic E-state index is -0.717. The van der Waals surface area contributed by atoms with Crippen LogP contribution in [-0.2, 0) is 9.47 Å². The van der Waals surface area contributed by atoms with Crippen LogP contribution in [0.25, 0.3) is 0 Å². The van der Waals surface area contributed by atoms with Gasteiger partial charge in [-0.3, -0.25) is 10.1 Å². The van der Waals surface area contributed by atoms with Gasteiger partial charge in [0.05, 0.1) is 17.1 Å². The number of nitro benzene ring substituents is 1. The van der Waals surface area contributed by atoms with Crippen LogP contribution in [0.3, 0.4) is 0 Å². The lowest BCUT2D eigenvalue weighted by Gasteiger charge is -2.16. The SMILES string of the molecule is COCCNc1ccc([N+](=O)[O-])cc1C(=O)O[C@H](C)c1ccc(F)cc1. The minimum Gasteiger partial charge on any atom is -0.454 e. The molecule has 0 aliphatic carbocycles. The molecule has 0 saturated carbocycles. The number of carbonyl (C=O) groups excluding carboxylic acids is 1. The number of hydrogen-bond donors (Lipinski definition) is 1. The van der Waals surface area contributed by atoms with Crippen molar-refractivity contribution in [3.05, 3.63) is 69.5 Å². The molecule has 0 unspecified atom stereocenters. The number of hydrogen-bond acceptors (Lipinski definition) is 6. The number of benzene rings is 2. The number of anilines is 1. The molecule has 2 aromatic rings. The molecule has 1 atom stereocenters. The van der Waals surface area contributed by atoms with E-state index in [2.05, 4.69) is 5.32 Å². The molecule has 0 radical (unpaired) electrons. The fourth-order valence-electron chi connectivity index (χ4n) is 2.28. The Kier molecular flexibility index (Phi) is 6.62. The van der Waals surface area contributed by atoms with Gasteiger partial charge in [-0.1, -0.05) is 12.1 Å². The number of esters is 1. The first-order chi connectivity index (χ1) is 12.4. The Balaban J connectivity index is 2.22. The average molecular weight is 362 g/mol. The number of halogens is 1. The zero-order valence-electron chi connectivity index (χ0n) is 14.4. The van der Waals surface area contributed by atoms with Crippen molar-refractivity contribution in [1.82, 2.24) is 0 Å².